The Balaban J connectivity index is 1.62. The van der Waals surface area contributed by atoms with Crippen molar-refractivity contribution in [2.24, 2.45) is 0 Å². The molecule has 0 saturated heterocycles. The third-order valence-corrected chi connectivity index (χ3v) is 6.17. The van der Waals surface area contributed by atoms with Crippen LogP contribution in [0.15, 0.2) is 71.9 Å². The molecule has 1 heterocycles. The number of non-ortho nitro benzene ring substituents is 1. The summed E-state index contributed by atoms with van der Waals surface area (Å²) in [7, 11) is 0. The quantitative estimate of drug-likeness (QED) is 0.216. The van der Waals surface area contributed by atoms with Crippen molar-refractivity contribution in [3.05, 3.63) is 93.5 Å². The Bertz CT molecular complexity index is 1350. The number of carbonyl (C=O) groups is 1. The smallest absolute Gasteiger partial charge is 0.270 e. The Morgan fingerprint density at radius 3 is 2.38 bits per heavy atom. The first kappa shape index (κ1) is 23.2. The Morgan fingerprint density at radius 2 is 1.71 bits per heavy atom. The Hall–Kier alpha value is -3.98. The molecule has 9 heteroatoms. The van der Waals surface area contributed by atoms with Crippen molar-refractivity contribution in [3.8, 4) is 17.1 Å². The normalized spacial score (nSPS) is 10.8. The number of nitro benzene ring substituents is 1. The van der Waals surface area contributed by atoms with Crippen molar-refractivity contribution in [2.45, 2.75) is 25.9 Å². The third-order valence-electron chi connectivity index (χ3n) is 5.24. The summed E-state index contributed by atoms with van der Waals surface area (Å²) in [4.78, 5) is 23.6. The number of rotatable bonds is 7. The Labute approximate surface area is 201 Å². The van der Waals surface area contributed by atoms with E-state index < -0.39 is 4.92 Å². The fourth-order valence-corrected chi connectivity index (χ4v) is 4.55. The zero-order valence-corrected chi connectivity index (χ0v) is 19.8. The monoisotopic (exact) mass is 473 g/mol. The molecule has 4 rings (SSSR count). The summed E-state index contributed by atoms with van der Waals surface area (Å²) in [5, 5.41) is 23.4. The summed E-state index contributed by atoms with van der Waals surface area (Å²) < 4.78 is 1.80. The molecule has 0 spiro atoms. The van der Waals surface area contributed by atoms with E-state index in [1.807, 2.05) is 63.2 Å². The molecule has 8 nitrogen and oxygen atoms in total. The molecule has 0 aliphatic rings. The summed E-state index contributed by atoms with van der Waals surface area (Å²) in [6, 6.07) is 19.8. The summed E-state index contributed by atoms with van der Waals surface area (Å²) in [6.07, 6.45) is 0. The number of para-hydroxylation sites is 1. The second kappa shape index (κ2) is 9.88. The Morgan fingerprint density at radius 1 is 1.00 bits per heavy atom. The highest BCUT2D eigenvalue weighted by Crippen LogP contribution is 2.30. The molecular formula is C25H23N5O3S. The van der Waals surface area contributed by atoms with E-state index in [4.69, 9.17) is 0 Å². The highest BCUT2D eigenvalue weighted by atomic mass is 32.2. The number of hydrogen-bond acceptors (Lipinski definition) is 6. The van der Waals surface area contributed by atoms with Crippen LogP contribution >= 0.6 is 11.8 Å². The van der Waals surface area contributed by atoms with Gasteiger partial charge in [-0.2, -0.15) is 0 Å². The van der Waals surface area contributed by atoms with Crippen LogP contribution in [0, 0.1) is 30.9 Å². The molecule has 1 aromatic heterocycles. The van der Waals surface area contributed by atoms with Crippen molar-refractivity contribution in [2.75, 3.05) is 11.1 Å². The number of hydrogen-bond donors (Lipinski definition) is 1. The first-order valence-corrected chi connectivity index (χ1v) is 11.6. The average molecular weight is 474 g/mol. The standard InChI is InChI=1S/C25H23N5O3S/c1-16-12-17(2)23(18(3)13-16)26-22(31)15-34-25-28-27-24(29(25)20-9-5-4-6-10-20)19-8-7-11-21(14-19)30(32)33/h4-14H,15H2,1-3H3,(H,26,31). The number of aryl methyl sites for hydroxylation is 3. The number of nitrogens with one attached hydrogen (secondary N) is 1. The highest BCUT2D eigenvalue weighted by molar-refractivity contribution is 7.99. The predicted molar refractivity (Wildman–Crippen MR) is 133 cm³/mol. The van der Waals surface area contributed by atoms with Crippen LogP contribution in [0.4, 0.5) is 11.4 Å². The van der Waals surface area contributed by atoms with Crippen molar-refractivity contribution in [1.29, 1.82) is 0 Å². The van der Waals surface area contributed by atoms with Crippen LogP contribution < -0.4 is 5.32 Å². The van der Waals surface area contributed by atoms with Crippen LogP contribution in [0.2, 0.25) is 0 Å². The van der Waals surface area contributed by atoms with Gasteiger partial charge in [0.15, 0.2) is 11.0 Å². The molecule has 3 aromatic carbocycles. The van der Waals surface area contributed by atoms with E-state index in [1.54, 1.807) is 16.7 Å². The van der Waals surface area contributed by atoms with Gasteiger partial charge < -0.3 is 5.32 Å². The van der Waals surface area contributed by atoms with Crippen LogP contribution in [0.25, 0.3) is 17.1 Å². The van der Waals surface area contributed by atoms with E-state index in [-0.39, 0.29) is 17.3 Å². The zero-order valence-electron chi connectivity index (χ0n) is 19.0. The third kappa shape index (κ3) is 4.99. The van der Waals surface area contributed by atoms with E-state index in [9.17, 15) is 14.9 Å². The fraction of sp³-hybridized carbons (Fsp3) is 0.160. The largest absolute Gasteiger partial charge is 0.325 e. The van der Waals surface area contributed by atoms with Crippen molar-refractivity contribution < 1.29 is 9.72 Å². The van der Waals surface area contributed by atoms with Gasteiger partial charge >= 0.3 is 0 Å². The van der Waals surface area contributed by atoms with E-state index in [1.165, 1.54) is 23.9 Å². The van der Waals surface area contributed by atoms with Gasteiger partial charge in [0, 0.05) is 29.1 Å². The van der Waals surface area contributed by atoms with Gasteiger partial charge in [-0.15, -0.1) is 10.2 Å². The van der Waals surface area contributed by atoms with Gasteiger partial charge in [0.05, 0.1) is 10.7 Å². The average Bonchev–Trinajstić information content (AvgIpc) is 3.24. The van der Waals surface area contributed by atoms with E-state index in [0.29, 0.717) is 16.5 Å². The van der Waals surface area contributed by atoms with Crippen LogP contribution in [-0.2, 0) is 4.79 Å². The van der Waals surface area contributed by atoms with E-state index >= 15 is 0 Å². The molecule has 4 aromatic rings. The molecule has 0 aliphatic heterocycles. The number of benzene rings is 3. The Kier molecular flexibility index (Phi) is 6.74. The number of anilines is 1. The lowest BCUT2D eigenvalue weighted by Crippen LogP contribution is -2.16. The number of amides is 1. The van der Waals surface area contributed by atoms with Gasteiger partial charge in [-0.3, -0.25) is 19.5 Å². The molecule has 1 amide bonds. The molecule has 0 saturated carbocycles. The van der Waals surface area contributed by atoms with E-state index in [0.717, 1.165) is 28.1 Å². The van der Waals surface area contributed by atoms with Gasteiger partial charge in [-0.25, -0.2) is 0 Å². The number of nitrogens with zero attached hydrogens (tertiary/aromatic N) is 4. The minimum absolute atomic E-state index is 0.0301. The van der Waals surface area contributed by atoms with Gasteiger partial charge in [-0.1, -0.05) is 59.8 Å². The van der Waals surface area contributed by atoms with Crippen molar-refractivity contribution >= 4 is 29.0 Å². The molecule has 0 unspecified atom stereocenters. The number of nitro groups is 1. The molecule has 0 bridgehead atoms. The van der Waals surface area contributed by atoms with Crippen LogP contribution in [-0.4, -0.2) is 31.3 Å². The summed E-state index contributed by atoms with van der Waals surface area (Å²) in [5.74, 6) is 0.440. The number of thioether (sulfide) groups is 1. The maximum atomic E-state index is 12.8. The molecule has 0 radical (unpaired) electrons. The summed E-state index contributed by atoms with van der Waals surface area (Å²) >= 11 is 1.25. The van der Waals surface area contributed by atoms with Gasteiger partial charge in [0.25, 0.3) is 5.69 Å². The van der Waals surface area contributed by atoms with Crippen molar-refractivity contribution in [1.82, 2.24) is 14.8 Å². The van der Waals surface area contributed by atoms with Crippen LogP contribution in [0.3, 0.4) is 0 Å². The maximum absolute atomic E-state index is 12.8. The molecule has 34 heavy (non-hydrogen) atoms. The maximum Gasteiger partial charge on any atom is 0.270 e. The molecule has 0 fully saturated rings. The minimum Gasteiger partial charge on any atom is -0.325 e. The summed E-state index contributed by atoms with van der Waals surface area (Å²) in [5.41, 5.74) is 5.31. The fourth-order valence-electron chi connectivity index (χ4n) is 3.80. The topological polar surface area (TPSA) is 103 Å². The first-order valence-electron chi connectivity index (χ1n) is 10.6. The number of carbonyl (C=O) groups excluding carboxylic acids is 1. The molecule has 172 valence electrons. The van der Waals surface area contributed by atoms with Gasteiger partial charge in [-0.05, 0) is 44.0 Å². The lowest BCUT2D eigenvalue weighted by molar-refractivity contribution is -0.384. The molecular weight excluding hydrogens is 450 g/mol. The molecule has 1 N–H and O–H groups in total. The molecule has 0 atom stereocenters. The van der Waals surface area contributed by atoms with Crippen molar-refractivity contribution in [3.63, 3.8) is 0 Å². The van der Waals surface area contributed by atoms with Crippen LogP contribution in [0.5, 0.6) is 0 Å². The molecule has 0 aliphatic carbocycles. The highest BCUT2D eigenvalue weighted by Gasteiger charge is 2.19. The SMILES string of the molecule is Cc1cc(C)c(NC(=O)CSc2nnc(-c3cccc([N+](=O)[O-])c3)n2-c2ccccc2)c(C)c1. The van der Waals surface area contributed by atoms with Gasteiger partial charge in [0.2, 0.25) is 5.91 Å². The zero-order chi connectivity index (χ0) is 24.2. The second-order valence-corrected chi connectivity index (χ2v) is 8.84. The first-order chi connectivity index (χ1) is 16.3. The lowest BCUT2D eigenvalue weighted by atomic mass is 10.1. The lowest BCUT2D eigenvalue weighted by Gasteiger charge is -2.13. The number of aromatic nitrogens is 3. The van der Waals surface area contributed by atoms with Crippen LogP contribution in [0.1, 0.15) is 16.7 Å². The van der Waals surface area contributed by atoms with E-state index in [2.05, 4.69) is 15.5 Å². The second-order valence-electron chi connectivity index (χ2n) is 7.90. The van der Waals surface area contributed by atoms with Gasteiger partial charge in [0.1, 0.15) is 0 Å². The minimum atomic E-state index is -0.443. The predicted octanol–water partition coefficient (Wildman–Crippen LogP) is 5.50. The summed E-state index contributed by atoms with van der Waals surface area (Å²) in [6.45, 7) is 5.97.